The van der Waals surface area contributed by atoms with Crippen molar-refractivity contribution in [1.82, 2.24) is 0 Å². The first-order valence-corrected chi connectivity index (χ1v) is 6.87. The van der Waals surface area contributed by atoms with Gasteiger partial charge in [-0.2, -0.15) is 0 Å². The Kier molecular flexibility index (Phi) is 7.03. The van der Waals surface area contributed by atoms with Gasteiger partial charge in [0.05, 0.1) is 16.9 Å². The molecule has 0 aromatic rings. The van der Waals surface area contributed by atoms with Gasteiger partial charge in [-0.1, -0.05) is 22.6 Å². The molecule has 78 valence electrons. The normalized spacial score (nSPS) is 13.1. The number of hydrogen-bond donors (Lipinski definition) is 0. The van der Waals surface area contributed by atoms with Gasteiger partial charge in [0.25, 0.3) is 0 Å². The predicted octanol–water partition coefficient (Wildman–Crippen LogP) is 2.79. The molecule has 0 bridgehead atoms. The minimum absolute atomic E-state index is 0.544. The Labute approximate surface area is 92.3 Å². The third kappa shape index (κ3) is 5.00. The average Bonchev–Trinajstić information content (AvgIpc) is 2.17. The molecule has 6 heteroatoms. The molecule has 0 aliphatic rings. The van der Waals surface area contributed by atoms with E-state index < -0.39 is 7.60 Å². The summed E-state index contributed by atoms with van der Waals surface area (Å²) in [7, 11) is -0.386. The minimum Gasteiger partial charge on any atom is -0.497 e. The van der Waals surface area contributed by atoms with Crippen LogP contribution >= 0.6 is 30.2 Å². The summed E-state index contributed by atoms with van der Waals surface area (Å²) in [6.45, 7) is 2.41. The lowest BCUT2D eigenvalue weighted by Gasteiger charge is -2.11. The summed E-state index contributed by atoms with van der Waals surface area (Å²) in [5.41, 5.74) is 0. The van der Waals surface area contributed by atoms with Crippen LogP contribution in [0.3, 0.4) is 0 Å². The van der Waals surface area contributed by atoms with Crippen molar-refractivity contribution in [3.05, 3.63) is 11.6 Å². The Hall–Kier alpha value is 0.420. The highest BCUT2D eigenvalue weighted by Gasteiger charge is 2.18. The molecule has 0 saturated heterocycles. The second kappa shape index (κ2) is 6.81. The van der Waals surface area contributed by atoms with E-state index in [9.17, 15) is 4.57 Å². The first kappa shape index (κ1) is 13.4. The highest BCUT2D eigenvalue weighted by molar-refractivity contribution is 14.1. The van der Waals surface area contributed by atoms with Gasteiger partial charge in [-0.15, -0.1) is 0 Å². The molecule has 0 saturated carbocycles. The number of alkyl halides is 1. The van der Waals surface area contributed by atoms with Gasteiger partial charge in [0, 0.05) is 14.2 Å². The van der Waals surface area contributed by atoms with Crippen LogP contribution in [0.4, 0.5) is 0 Å². The summed E-state index contributed by atoms with van der Waals surface area (Å²) in [5.74, 6) is 2.03. The number of ether oxygens (including phenoxy) is 1. The molecule has 0 aliphatic heterocycles. The predicted molar refractivity (Wildman–Crippen MR) is 60.2 cm³/mol. The summed E-state index contributed by atoms with van der Waals surface area (Å²) >= 11 is 2.12. The van der Waals surface area contributed by atoms with E-state index in [2.05, 4.69) is 22.6 Å². The molecule has 0 unspecified atom stereocenters. The average molecular weight is 320 g/mol. The molecule has 0 N–H and O–H groups in total. The van der Waals surface area contributed by atoms with Gasteiger partial charge in [-0.25, -0.2) is 0 Å². The van der Waals surface area contributed by atoms with Crippen LogP contribution in [0.1, 0.15) is 6.92 Å². The summed E-state index contributed by atoms with van der Waals surface area (Å²) in [6.07, 6.45) is 0. The first-order valence-electron chi connectivity index (χ1n) is 3.73. The fourth-order valence-electron chi connectivity index (χ4n) is 0.652. The molecule has 0 aromatic carbocycles. The van der Waals surface area contributed by atoms with Crippen molar-refractivity contribution >= 4 is 30.2 Å². The van der Waals surface area contributed by atoms with E-state index in [0.717, 1.165) is 0 Å². The largest absolute Gasteiger partial charge is 0.497 e. The molecule has 0 amide bonds. The number of allylic oxidation sites excluding steroid dienone is 1. The lowest BCUT2D eigenvalue weighted by atomic mass is 10.6. The number of hydrogen-bond acceptors (Lipinski definition) is 4. The van der Waals surface area contributed by atoms with E-state index >= 15 is 0 Å². The van der Waals surface area contributed by atoms with Gasteiger partial charge >= 0.3 is 7.60 Å². The minimum atomic E-state index is -3.08. The zero-order valence-electron chi connectivity index (χ0n) is 7.95. The van der Waals surface area contributed by atoms with Crippen LogP contribution in [-0.2, 0) is 18.3 Å². The summed E-state index contributed by atoms with van der Waals surface area (Å²) < 4.78 is 26.9. The Bertz CT molecular complexity index is 209. The van der Waals surface area contributed by atoms with Crippen molar-refractivity contribution in [2.75, 3.05) is 25.3 Å². The molecule has 0 atom stereocenters. The second-order valence-electron chi connectivity index (χ2n) is 2.07. The monoisotopic (exact) mass is 320 g/mol. The SMILES string of the molecule is CCOC(=CP(=O)(OC)OC)CI. The summed E-state index contributed by atoms with van der Waals surface area (Å²) in [6, 6.07) is 0. The van der Waals surface area contributed by atoms with Crippen LogP contribution in [0, 0.1) is 0 Å². The Morgan fingerprint density at radius 1 is 1.46 bits per heavy atom. The van der Waals surface area contributed by atoms with Crippen LogP contribution in [0.25, 0.3) is 0 Å². The van der Waals surface area contributed by atoms with Gasteiger partial charge in [-0.3, -0.25) is 4.57 Å². The van der Waals surface area contributed by atoms with Crippen molar-refractivity contribution in [1.29, 1.82) is 0 Å². The van der Waals surface area contributed by atoms with E-state index in [-0.39, 0.29) is 0 Å². The molecule has 0 heterocycles. The van der Waals surface area contributed by atoms with Crippen LogP contribution in [0.5, 0.6) is 0 Å². The van der Waals surface area contributed by atoms with Crippen molar-refractivity contribution in [3.8, 4) is 0 Å². The van der Waals surface area contributed by atoms with Crippen molar-refractivity contribution in [2.45, 2.75) is 6.92 Å². The number of rotatable bonds is 6. The van der Waals surface area contributed by atoms with Crippen LogP contribution < -0.4 is 0 Å². The zero-order valence-corrected chi connectivity index (χ0v) is 11.0. The van der Waals surface area contributed by atoms with Gasteiger partial charge in [0.1, 0.15) is 5.76 Å². The molecule has 0 aromatic heterocycles. The third-order valence-electron chi connectivity index (χ3n) is 1.27. The molecular weight excluding hydrogens is 306 g/mol. The lowest BCUT2D eigenvalue weighted by Crippen LogP contribution is -1.94. The molecule has 0 fully saturated rings. The van der Waals surface area contributed by atoms with Gasteiger partial charge < -0.3 is 13.8 Å². The van der Waals surface area contributed by atoms with Crippen molar-refractivity contribution in [2.24, 2.45) is 0 Å². The fraction of sp³-hybridized carbons (Fsp3) is 0.714. The van der Waals surface area contributed by atoms with E-state index in [1.54, 1.807) is 0 Å². The zero-order chi connectivity index (χ0) is 10.3. The Balaban J connectivity index is 4.54. The number of halogens is 1. The van der Waals surface area contributed by atoms with E-state index in [1.807, 2.05) is 6.92 Å². The van der Waals surface area contributed by atoms with Gasteiger partial charge in [-0.05, 0) is 6.92 Å². The Morgan fingerprint density at radius 2 is 2.00 bits per heavy atom. The van der Waals surface area contributed by atoms with Crippen LogP contribution in [0.2, 0.25) is 0 Å². The highest BCUT2D eigenvalue weighted by atomic mass is 127. The summed E-state index contributed by atoms with van der Waals surface area (Å²) in [4.78, 5) is 0. The maximum Gasteiger partial charge on any atom is 0.357 e. The molecule has 13 heavy (non-hydrogen) atoms. The van der Waals surface area contributed by atoms with Crippen molar-refractivity contribution in [3.63, 3.8) is 0 Å². The first-order chi connectivity index (χ1) is 6.11. The van der Waals surface area contributed by atoms with Crippen molar-refractivity contribution < 1.29 is 18.3 Å². The maximum atomic E-state index is 11.6. The van der Waals surface area contributed by atoms with Gasteiger partial charge in [0.2, 0.25) is 0 Å². The Morgan fingerprint density at radius 3 is 2.31 bits per heavy atom. The summed E-state index contributed by atoms with van der Waals surface area (Å²) in [5, 5.41) is 0. The standard InChI is InChI=1S/C7H14IO4P/c1-4-12-7(5-8)6-13(9,10-2)11-3/h6H,4-5H2,1-3H3. The van der Waals surface area contributed by atoms with Gasteiger partial charge in [0.15, 0.2) is 0 Å². The van der Waals surface area contributed by atoms with E-state index in [1.165, 1.54) is 20.0 Å². The molecule has 0 aliphatic carbocycles. The second-order valence-corrected chi connectivity index (χ2v) is 4.90. The highest BCUT2D eigenvalue weighted by Crippen LogP contribution is 2.49. The lowest BCUT2D eigenvalue weighted by molar-refractivity contribution is 0.231. The molecule has 0 radical (unpaired) electrons. The maximum absolute atomic E-state index is 11.6. The molecule has 4 nitrogen and oxygen atoms in total. The van der Waals surface area contributed by atoms with Crippen LogP contribution in [-0.4, -0.2) is 25.3 Å². The van der Waals surface area contributed by atoms with E-state index in [4.69, 9.17) is 13.8 Å². The molecular formula is C7H14IO4P. The smallest absolute Gasteiger partial charge is 0.357 e. The molecule has 0 rings (SSSR count). The topological polar surface area (TPSA) is 44.8 Å². The third-order valence-corrected chi connectivity index (χ3v) is 3.65. The fourth-order valence-corrected chi connectivity index (χ4v) is 2.32. The van der Waals surface area contributed by atoms with E-state index in [0.29, 0.717) is 16.8 Å². The molecule has 0 spiro atoms. The quantitative estimate of drug-likeness (QED) is 0.327. The van der Waals surface area contributed by atoms with Crippen LogP contribution in [0.15, 0.2) is 11.6 Å².